The second-order valence-electron chi connectivity index (χ2n) is 15.7. The Labute approximate surface area is 342 Å². The minimum Gasteiger partial charge on any atom is -0.507 e. The van der Waals surface area contributed by atoms with Crippen LogP contribution in [0.3, 0.4) is 0 Å². The van der Waals surface area contributed by atoms with Crippen molar-refractivity contribution in [3.8, 4) is 22.8 Å². The number of esters is 1. The number of pyridine rings is 2. The van der Waals surface area contributed by atoms with Gasteiger partial charge in [0.25, 0.3) is 0 Å². The molecule has 3 aromatic heterocycles. The van der Waals surface area contributed by atoms with Gasteiger partial charge in [-0.15, -0.1) is 0 Å². The molecule has 2 bridgehead atoms. The summed E-state index contributed by atoms with van der Waals surface area (Å²) in [6.45, 7) is 5.38. The van der Waals surface area contributed by atoms with Crippen LogP contribution in [0.2, 0.25) is 0 Å². The Hall–Kier alpha value is -5.03. The Morgan fingerprint density at radius 3 is 2.78 bits per heavy atom. The molecule has 0 spiro atoms. The molecule has 4 unspecified atom stereocenters. The number of hydrogen-bond acceptors (Lipinski definition) is 16. The van der Waals surface area contributed by atoms with Crippen LogP contribution in [0.4, 0.5) is 11.6 Å². The van der Waals surface area contributed by atoms with Crippen LogP contribution in [0.1, 0.15) is 54.3 Å². The van der Waals surface area contributed by atoms with Gasteiger partial charge in [-0.1, -0.05) is 21.6 Å². The summed E-state index contributed by atoms with van der Waals surface area (Å²) in [6, 6.07) is 8.96. The Kier molecular flexibility index (Phi) is 9.93. The summed E-state index contributed by atoms with van der Waals surface area (Å²) in [5.41, 5.74) is 17.7. The maximum atomic E-state index is 14.4. The smallest absolute Gasteiger partial charge is 0.341 e. The van der Waals surface area contributed by atoms with Crippen molar-refractivity contribution in [1.29, 1.82) is 0 Å². The average molecular weight is 824 g/mol. The van der Waals surface area contributed by atoms with Crippen molar-refractivity contribution in [3.63, 3.8) is 0 Å². The number of aromatic hydroxyl groups is 1. The molecular weight excluding hydrogens is 779 g/mol. The number of rotatable bonds is 5. The topological polar surface area (TPSA) is 204 Å². The molecule has 58 heavy (non-hydrogen) atoms. The number of ether oxygens (including phenoxy) is 3. The van der Waals surface area contributed by atoms with Gasteiger partial charge >= 0.3 is 5.97 Å². The molecule has 1 fully saturated rings. The number of aryl methyl sites for hydroxylation is 2. The number of carbonyl (C=O) groups is 1. The predicted octanol–water partition coefficient (Wildman–Crippen LogP) is 5.37. The minimum atomic E-state index is -1.17. The monoisotopic (exact) mass is 823 g/mol. The summed E-state index contributed by atoms with van der Waals surface area (Å²) < 4.78 is 25.3. The van der Waals surface area contributed by atoms with E-state index >= 15 is 0 Å². The number of fused-ring (bicyclic) bond motifs is 9. The summed E-state index contributed by atoms with van der Waals surface area (Å²) in [6.07, 6.45) is 6.86. The lowest BCUT2D eigenvalue weighted by Gasteiger charge is -2.42. The zero-order valence-electron chi connectivity index (χ0n) is 32.5. The van der Waals surface area contributed by atoms with E-state index in [-0.39, 0.29) is 28.6 Å². The maximum absolute atomic E-state index is 14.4. The van der Waals surface area contributed by atoms with Gasteiger partial charge in [0.1, 0.15) is 51.6 Å². The largest absolute Gasteiger partial charge is 0.507 e. The quantitative estimate of drug-likeness (QED) is 0.114. The first-order valence-corrected chi connectivity index (χ1v) is 21.9. The fourth-order valence-electron chi connectivity index (χ4n) is 8.45. The van der Waals surface area contributed by atoms with E-state index in [4.69, 9.17) is 40.1 Å². The molecule has 4 atom stereocenters. The molecule has 6 N–H and O–H groups in total. The van der Waals surface area contributed by atoms with E-state index in [1.54, 1.807) is 34.6 Å². The third-order valence-electron chi connectivity index (χ3n) is 11.7. The molecule has 0 radical (unpaired) electrons. The number of nitrogens with one attached hydrogen (secondary N) is 1. The van der Waals surface area contributed by atoms with Crippen LogP contribution < -0.4 is 26.9 Å². The zero-order chi connectivity index (χ0) is 40.3. The third kappa shape index (κ3) is 7.09. The molecule has 5 aliphatic heterocycles. The minimum absolute atomic E-state index is 0.0650. The number of allylic oxidation sites excluding steroid dienone is 1. The van der Waals surface area contributed by atoms with Crippen LogP contribution in [0, 0.1) is 6.92 Å². The molecule has 9 rings (SSSR count). The summed E-state index contributed by atoms with van der Waals surface area (Å²) in [5.74, 6) is 2.07. The molecule has 8 heterocycles. The number of aliphatic imine (C=N–C) groups is 1. The van der Waals surface area contributed by atoms with E-state index in [2.05, 4.69) is 27.5 Å². The van der Waals surface area contributed by atoms with Crippen molar-refractivity contribution in [2.45, 2.75) is 81.7 Å². The van der Waals surface area contributed by atoms with Crippen molar-refractivity contribution in [3.05, 3.63) is 92.7 Å². The van der Waals surface area contributed by atoms with E-state index < -0.39 is 29.4 Å². The van der Waals surface area contributed by atoms with Crippen LogP contribution in [0.5, 0.6) is 11.5 Å². The van der Waals surface area contributed by atoms with Gasteiger partial charge < -0.3 is 45.4 Å². The second-order valence-corrected chi connectivity index (χ2v) is 18.3. The summed E-state index contributed by atoms with van der Waals surface area (Å²) in [4.78, 5) is 43.7. The lowest BCUT2D eigenvalue weighted by molar-refractivity contribution is -0.169. The maximum Gasteiger partial charge on any atom is 0.341 e. The van der Waals surface area contributed by atoms with Crippen LogP contribution in [-0.4, -0.2) is 81.0 Å². The van der Waals surface area contributed by atoms with Crippen LogP contribution in [-0.2, 0) is 39.4 Å². The van der Waals surface area contributed by atoms with Crippen LogP contribution >= 0.6 is 21.6 Å². The highest BCUT2D eigenvalue weighted by Gasteiger charge is 2.63. The summed E-state index contributed by atoms with van der Waals surface area (Å²) in [5, 5.41) is 14.7. The number of carbonyl (C=O) groups excluding carboxylic acids is 1. The van der Waals surface area contributed by atoms with E-state index in [1.165, 1.54) is 6.07 Å². The van der Waals surface area contributed by atoms with Gasteiger partial charge in [-0.05, 0) is 70.1 Å². The van der Waals surface area contributed by atoms with E-state index in [0.29, 0.717) is 91.2 Å². The molecule has 1 aromatic carbocycles. The summed E-state index contributed by atoms with van der Waals surface area (Å²) >= 11 is 0. The molecule has 5 aliphatic rings. The number of phenolic OH excluding ortho intramolecular Hbond substituents is 1. The molecule has 0 saturated carbocycles. The number of phenols is 1. The fourth-order valence-corrected chi connectivity index (χ4v) is 10.8. The lowest BCUT2D eigenvalue weighted by Crippen LogP contribution is -2.53. The average Bonchev–Trinajstić information content (AvgIpc) is 3.49. The van der Waals surface area contributed by atoms with Gasteiger partial charge in [0.15, 0.2) is 11.0 Å². The van der Waals surface area contributed by atoms with Crippen molar-refractivity contribution in [2.75, 3.05) is 37.4 Å². The lowest BCUT2D eigenvalue weighted by atomic mass is 9.86. The summed E-state index contributed by atoms with van der Waals surface area (Å²) in [7, 11) is 5.11. The first-order valence-electron chi connectivity index (χ1n) is 19.4. The molecule has 16 heteroatoms. The van der Waals surface area contributed by atoms with Gasteiger partial charge in [-0.2, -0.15) is 0 Å². The zero-order valence-corrected chi connectivity index (χ0v) is 34.1. The normalized spacial score (nSPS) is 25.2. The van der Waals surface area contributed by atoms with Gasteiger partial charge in [-0.25, -0.2) is 14.8 Å². The number of nitrogens with zero attached hydrogens (tertiary/aromatic N) is 4. The van der Waals surface area contributed by atoms with E-state index in [1.807, 2.05) is 38.4 Å². The Bertz CT molecular complexity index is 2510. The molecule has 14 nitrogen and oxygen atoms in total. The van der Waals surface area contributed by atoms with Crippen molar-refractivity contribution in [1.82, 2.24) is 20.2 Å². The molecule has 1 saturated heterocycles. The van der Waals surface area contributed by atoms with Crippen LogP contribution in [0.15, 0.2) is 68.6 Å². The van der Waals surface area contributed by atoms with Crippen molar-refractivity contribution in [2.24, 2.45) is 4.99 Å². The van der Waals surface area contributed by atoms with Gasteiger partial charge in [0.05, 0.1) is 36.3 Å². The number of epoxide rings is 1. The first-order chi connectivity index (χ1) is 27.9. The second kappa shape index (κ2) is 15.0. The molecule has 302 valence electrons. The van der Waals surface area contributed by atoms with Gasteiger partial charge in [0.2, 0.25) is 0 Å². The third-order valence-corrected chi connectivity index (χ3v) is 14.0. The highest BCUT2D eigenvalue weighted by Crippen LogP contribution is 2.48. The van der Waals surface area contributed by atoms with E-state index in [9.17, 15) is 14.7 Å². The SMILES string of the molecule is CNCCC12OC1CCc1cc(N)nc(c1)-c1cc(CN3C=C4C=CN=C4C3)nc(N)c1CSSCCC1(C)Oc3cc4oc(C)cc(=O)c4c(O)c3CC1OC2=O. The highest BCUT2D eigenvalue weighted by atomic mass is 33.1. The fraction of sp³-hybridized carbons (Fsp3) is 0.405. The van der Waals surface area contributed by atoms with E-state index in [0.717, 1.165) is 33.7 Å². The number of nitrogen functional groups attached to an aromatic ring is 2. The molecule has 0 aliphatic carbocycles. The van der Waals surface area contributed by atoms with Crippen molar-refractivity contribution >= 4 is 55.9 Å². The van der Waals surface area contributed by atoms with Crippen molar-refractivity contribution < 1.29 is 28.5 Å². The highest BCUT2D eigenvalue weighted by molar-refractivity contribution is 8.76. The Morgan fingerprint density at radius 2 is 1.95 bits per heavy atom. The number of nitrogens with two attached hydrogens (primary N) is 2. The molecule has 4 aromatic rings. The van der Waals surface area contributed by atoms with Crippen LogP contribution in [0.25, 0.3) is 22.2 Å². The Morgan fingerprint density at radius 1 is 1.09 bits per heavy atom. The number of anilines is 2. The molecule has 0 amide bonds. The molecular formula is C42H45N7O7S2. The number of hydrogen-bond donors (Lipinski definition) is 4. The first kappa shape index (κ1) is 38.5. The Balaban J connectivity index is 1.06. The number of aromatic nitrogens is 2. The standard InChI is InChI=1S/C42H45N7O7S2/c1-22-12-31(50)37-33(53-22)17-32-27(38(37)51)16-35-41(2,55-32)8-11-57-58-21-28-26(15-25(47-39(28)44)19-49-18-24-6-9-46-30(24)20-49)29-13-23(14-36(43)48-29)4-5-34-42(56-34,7-10-45-3)40(52)54-35/h6,9,12-15,17-18,34-35,45,51H,4-5,7-8,10-11,16,19-21H2,1-3H3,(H2,43,48)(H2,44,47). The predicted molar refractivity (Wildman–Crippen MR) is 226 cm³/mol. The number of benzene rings is 1. The van der Waals surface area contributed by atoms with Gasteiger partial charge in [-0.3, -0.25) is 9.79 Å². The van der Waals surface area contributed by atoms with Gasteiger partial charge in [0, 0.05) is 77.6 Å².